The molecular weight excluding hydrogens is 479 g/mol. The Morgan fingerprint density at radius 2 is 1.54 bits per heavy atom. The lowest BCUT2D eigenvalue weighted by atomic mass is 9.89. The minimum absolute atomic E-state index is 0.0625. The molecule has 37 heavy (non-hydrogen) atoms. The van der Waals surface area contributed by atoms with Gasteiger partial charge in [0.15, 0.2) is 5.79 Å². The zero-order valence-corrected chi connectivity index (χ0v) is 21.2. The van der Waals surface area contributed by atoms with Gasteiger partial charge in [0.05, 0.1) is 46.1 Å². The molecule has 0 unspecified atom stereocenters. The summed E-state index contributed by atoms with van der Waals surface area (Å²) in [5.41, 5.74) is 2.66. The molecule has 198 valence electrons. The molecule has 4 rings (SSSR count). The highest BCUT2D eigenvalue weighted by molar-refractivity contribution is 5.28. The normalized spacial score (nSPS) is 22.1. The molecule has 0 spiro atoms. The van der Waals surface area contributed by atoms with Crippen molar-refractivity contribution in [3.8, 4) is 11.5 Å². The van der Waals surface area contributed by atoms with Crippen LogP contribution in [0.1, 0.15) is 28.4 Å². The standard InChI is InChI=1S/C29H33FO7/c1-19-14-22(8-13-26(19)30)27(31)28-25(17-35-15-20-4-9-23(33-2)10-5-20)29(32,18-36-28)37-16-21-6-11-24(34-3)12-7-21/h4-14,25,27-28,31-32H,15-18H2,1-3H3/t25-,27+,28-,29+/m0/s1. The van der Waals surface area contributed by atoms with Gasteiger partial charge in [-0.1, -0.05) is 36.4 Å². The van der Waals surface area contributed by atoms with Crippen LogP contribution in [0, 0.1) is 18.7 Å². The van der Waals surface area contributed by atoms with Crippen molar-refractivity contribution in [3.63, 3.8) is 0 Å². The Kier molecular flexibility index (Phi) is 8.79. The van der Waals surface area contributed by atoms with Crippen molar-refractivity contribution in [1.29, 1.82) is 0 Å². The van der Waals surface area contributed by atoms with E-state index in [2.05, 4.69) is 0 Å². The lowest BCUT2D eigenvalue weighted by Gasteiger charge is -2.32. The van der Waals surface area contributed by atoms with E-state index in [-0.39, 0.29) is 32.2 Å². The number of aryl methyl sites for hydroxylation is 1. The van der Waals surface area contributed by atoms with Gasteiger partial charge < -0.3 is 33.9 Å². The monoisotopic (exact) mass is 512 g/mol. The third kappa shape index (κ3) is 6.47. The van der Waals surface area contributed by atoms with E-state index in [0.717, 1.165) is 16.9 Å². The summed E-state index contributed by atoms with van der Waals surface area (Å²) in [7, 11) is 3.20. The first kappa shape index (κ1) is 27.0. The molecule has 0 radical (unpaired) electrons. The fraction of sp³-hybridized carbons (Fsp3) is 0.379. The second kappa shape index (κ2) is 12.0. The quantitative estimate of drug-likeness (QED) is 0.370. The van der Waals surface area contributed by atoms with E-state index in [1.165, 1.54) is 12.1 Å². The summed E-state index contributed by atoms with van der Waals surface area (Å²) in [4.78, 5) is 0. The van der Waals surface area contributed by atoms with Gasteiger partial charge in [0.2, 0.25) is 0 Å². The van der Waals surface area contributed by atoms with Crippen molar-refractivity contribution < 1.29 is 38.3 Å². The first-order valence-corrected chi connectivity index (χ1v) is 12.1. The molecule has 1 aliphatic rings. The van der Waals surface area contributed by atoms with Gasteiger partial charge in [-0.2, -0.15) is 0 Å². The number of aliphatic hydroxyl groups is 2. The lowest BCUT2D eigenvalue weighted by Crippen LogP contribution is -2.45. The van der Waals surface area contributed by atoms with Gasteiger partial charge in [0.1, 0.15) is 30.0 Å². The Morgan fingerprint density at radius 1 is 0.946 bits per heavy atom. The zero-order valence-electron chi connectivity index (χ0n) is 21.2. The van der Waals surface area contributed by atoms with Gasteiger partial charge in [-0.3, -0.25) is 0 Å². The van der Waals surface area contributed by atoms with Crippen molar-refractivity contribution in [2.45, 2.75) is 38.1 Å². The predicted octanol–water partition coefficient (Wildman–Crippen LogP) is 4.32. The highest BCUT2D eigenvalue weighted by Crippen LogP contribution is 2.40. The number of rotatable bonds is 11. The van der Waals surface area contributed by atoms with Crippen molar-refractivity contribution in [1.82, 2.24) is 0 Å². The van der Waals surface area contributed by atoms with Crippen LogP contribution in [0.15, 0.2) is 66.7 Å². The van der Waals surface area contributed by atoms with Crippen LogP contribution < -0.4 is 9.47 Å². The number of hydrogen-bond acceptors (Lipinski definition) is 7. The SMILES string of the molecule is COc1ccc(COC[C@H]2[C@@H]([C@H](O)c3ccc(F)c(C)c3)OC[C@@]2(O)OCc2ccc(OC)cc2)cc1. The molecule has 2 N–H and O–H groups in total. The molecule has 1 fully saturated rings. The Labute approximate surface area is 216 Å². The first-order valence-electron chi connectivity index (χ1n) is 12.1. The van der Waals surface area contributed by atoms with Crippen LogP contribution in [-0.2, 0) is 27.4 Å². The van der Waals surface area contributed by atoms with E-state index in [1.54, 1.807) is 27.2 Å². The summed E-state index contributed by atoms with van der Waals surface area (Å²) in [5, 5.41) is 22.7. The number of benzene rings is 3. The summed E-state index contributed by atoms with van der Waals surface area (Å²) in [6, 6.07) is 19.2. The van der Waals surface area contributed by atoms with Gasteiger partial charge >= 0.3 is 0 Å². The fourth-order valence-electron chi connectivity index (χ4n) is 4.38. The molecule has 3 aromatic rings. The van der Waals surface area contributed by atoms with E-state index in [0.29, 0.717) is 16.9 Å². The van der Waals surface area contributed by atoms with Crippen molar-refractivity contribution in [3.05, 3.63) is 94.8 Å². The summed E-state index contributed by atoms with van der Waals surface area (Å²) >= 11 is 0. The number of aliphatic hydroxyl groups excluding tert-OH is 1. The molecule has 0 aliphatic carbocycles. The van der Waals surface area contributed by atoms with Gasteiger partial charge in [-0.15, -0.1) is 0 Å². The molecule has 0 amide bonds. The Bertz CT molecular complexity index is 1150. The van der Waals surface area contributed by atoms with E-state index < -0.39 is 23.9 Å². The van der Waals surface area contributed by atoms with Gasteiger partial charge in [0, 0.05) is 0 Å². The van der Waals surface area contributed by atoms with Gasteiger partial charge in [-0.05, 0) is 59.5 Å². The van der Waals surface area contributed by atoms with E-state index in [1.807, 2.05) is 48.5 Å². The van der Waals surface area contributed by atoms with Gasteiger partial charge in [0.25, 0.3) is 0 Å². The third-order valence-corrected chi connectivity index (χ3v) is 6.67. The average molecular weight is 513 g/mol. The molecule has 0 bridgehead atoms. The summed E-state index contributed by atoms with van der Waals surface area (Å²) in [5.74, 6) is -1.33. The number of methoxy groups -OCH3 is 2. The van der Waals surface area contributed by atoms with Crippen LogP contribution in [-0.4, -0.2) is 49.5 Å². The van der Waals surface area contributed by atoms with E-state index in [9.17, 15) is 14.6 Å². The smallest absolute Gasteiger partial charge is 0.197 e. The summed E-state index contributed by atoms with van der Waals surface area (Å²) < 4.78 is 42.0. The lowest BCUT2D eigenvalue weighted by molar-refractivity contribution is -0.238. The Morgan fingerprint density at radius 3 is 2.11 bits per heavy atom. The Balaban J connectivity index is 1.50. The topological polar surface area (TPSA) is 86.6 Å². The van der Waals surface area contributed by atoms with Crippen molar-refractivity contribution >= 4 is 0 Å². The molecule has 1 saturated heterocycles. The minimum atomic E-state index is -1.71. The predicted molar refractivity (Wildman–Crippen MR) is 135 cm³/mol. The number of halogens is 1. The molecule has 0 saturated carbocycles. The molecule has 4 atom stereocenters. The van der Waals surface area contributed by atoms with Gasteiger partial charge in [-0.25, -0.2) is 4.39 Å². The highest BCUT2D eigenvalue weighted by atomic mass is 19.1. The fourth-order valence-corrected chi connectivity index (χ4v) is 4.38. The van der Waals surface area contributed by atoms with Crippen LogP contribution in [0.25, 0.3) is 0 Å². The summed E-state index contributed by atoms with van der Waals surface area (Å²) in [6.45, 7) is 1.95. The van der Waals surface area contributed by atoms with Crippen LogP contribution in [0.3, 0.4) is 0 Å². The molecule has 1 aliphatic heterocycles. The van der Waals surface area contributed by atoms with Crippen molar-refractivity contribution in [2.24, 2.45) is 5.92 Å². The molecule has 8 heteroatoms. The second-order valence-corrected chi connectivity index (χ2v) is 9.18. The van der Waals surface area contributed by atoms with E-state index >= 15 is 0 Å². The minimum Gasteiger partial charge on any atom is -0.497 e. The largest absolute Gasteiger partial charge is 0.497 e. The molecule has 0 aromatic heterocycles. The zero-order chi connectivity index (χ0) is 26.4. The van der Waals surface area contributed by atoms with Crippen LogP contribution in [0.5, 0.6) is 11.5 Å². The maximum absolute atomic E-state index is 13.8. The third-order valence-electron chi connectivity index (χ3n) is 6.67. The average Bonchev–Trinajstić information content (AvgIpc) is 3.25. The second-order valence-electron chi connectivity index (χ2n) is 9.18. The molecular formula is C29H33FO7. The Hall–Kier alpha value is -3.01. The van der Waals surface area contributed by atoms with E-state index in [4.69, 9.17) is 23.7 Å². The van der Waals surface area contributed by atoms with Crippen molar-refractivity contribution in [2.75, 3.05) is 27.4 Å². The maximum atomic E-state index is 13.8. The molecule has 1 heterocycles. The first-order chi connectivity index (χ1) is 17.8. The number of hydrogen-bond donors (Lipinski definition) is 2. The number of ether oxygens (including phenoxy) is 5. The highest BCUT2D eigenvalue weighted by Gasteiger charge is 2.52. The maximum Gasteiger partial charge on any atom is 0.197 e. The van der Waals surface area contributed by atoms with Crippen LogP contribution >= 0.6 is 0 Å². The van der Waals surface area contributed by atoms with Crippen LogP contribution in [0.2, 0.25) is 0 Å². The summed E-state index contributed by atoms with van der Waals surface area (Å²) in [6.07, 6.45) is -1.95. The van der Waals surface area contributed by atoms with Crippen LogP contribution in [0.4, 0.5) is 4.39 Å². The molecule has 3 aromatic carbocycles. The molecule has 7 nitrogen and oxygen atoms in total.